The molecule has 3 aromatic heterocycles. The van der Waals surface area contributed by atoms with Crippen LogP contribution < -0.4 is 4.90 Å². The molecule has 0 aliphatic carbocycles. The fraction of sp³-hybridized carbons (Fsp3) is 0. The van der Waals surface area contributed by atoms with Crippen molar-refractivity contribution in [1.82, 2.24) is 4.98 Å². The second-order valence-electron chi connectivity index (χ2n) is 12.0. The monoisotopic (exact) mass is 634 g/mol. The minimum atomic E-state index is 0.824. The van der Waals surface area contributed by atoms with Gasteiger partial charge in [-0.05, 0) is 53.6 Å². The van der Waals surface area contributed by atoms with Gasteiger partial charge in [0, 0.05) is 44.9 Å². The first kappa shape index (κ1) is 27.0. The van der Waals surface area contributed by atoms with Crippen molar-refractivity contribution in [2.24, 2.45) is 0 Å². The maximum absolute atomic E-state index is 6.77. The zero-order valence-corrected chi connectivity index (χ0v) is 26.4. The van der Waals surface area contributed by atoms with Crippen LogP contribution >= 0.6 is 11.3 Å². The van der Waals surface area contributed by atoms with E-state index in [1.165, 1.54) is 5.56 Å². The Morgan fingerprint density at radius 3 is 1.96 bits per heavy atom. The van der Waals surface area contributed by atoms with Crippen LogP contribution in [-0.2, 0) is 0 Å². The molecule has 0 saturated heterocycles. The van der Waals surface area contributed by atoms with Crippen molar-refractivity contribution in [3.63, 3.8) is 0 Å². The van der Waals surface area contributed by atoms with Crippen LogP contribution in [0.15, 0.2) is 167 Å². The summed E-state index contributed by atoms with van der Waals surface area (Å²) < 4.78 is 14.2. The van der Waals surface area contributed by atoms with Crippen molar-refractivity contribution < 1.29 is 8.83 Å². The van der Waals surface area contributed by atoms with Crippen LogP contribution in [0.4, 0.5) is 17.1 Å². The summed E-state index contributed by atoms with van der Waals surface area (Å²) in [6, 6.07) is 54.9. The number of nitrogens with zero attached hydrogens (tertiary/aromatic N) is 2. The summed E-state index contributed by atoms with van der Waals surface area (Å²) in [5.74, 6) is 0. The number of anilines is 3. The van der Waals surface area contributed by atoms with Crippen LogP contribution in [0.3, 0.4) is 0 Å². The highest BCUT2D eigenvalue weighted by Gasteiger charge is 2.21. The number of hydrogen-bond acceptors (Lipinski definition) is 5. The third-order valence-electron chi connectivity index (χ3n) is 9.10. The molecule has 0 N–H and O–H groups in total. The largest absolute Gasteiger partial charge is 0.456 e. The van der Waals surface area contributed by atoms with Gasteiger partial charge in [0.15, 0.2) is 5.58 Å². The molecule has 0 atom stereocenters. The fourth-order valence-corrected chi connectivity index (χ4v) is 7.78. The maximum atomic E-state index is 6.77. The summed E-state index contributed by atoms with van der Waals surface area (Å²) in [4.78, 5) is 7.27. The van der Waals surface area contributed by atoms with Gasteiger partial charge in [0.25, 0.3) is 0 Å². The van der Waals surface area contributed by atoms with E-state index < -0.39 is 0 Å². The van der Waals surface area contributed by atoms with Gasteiger partial charge in [0.2, 0.25) is 0 Å². The standard InChI is InChI=1S/C43H26N2O2S/c1-3-10-27(11-4-1)28-18-20-30(21-19-28)45(31-22-23-33-32-14-7-8-17-38(32)46-39(33)24-31)37-16-9-15-34-35-25-36-41(26-40(35)47-42(34)37)48-43(44-36)29-12-5-2-6-13-29/h1-26H. The number of para-hydroxylation sites is 2. The average molecular weight is 635 g/mol. The smallest absolute Gasteiger partial charge is 0.159 e. The van der Waals surface area contributed by atoms with E-state index in [0.717, 1.165) is 87.3 Å². The molecule has 3 heterocycles. The molecule has 48 heavy (non-hydrogen) atoms. The number of rotatable bonds is 5. The fourth-order valence-electron chi connectivity index (χ4n) is 6.80. The summed E-state index contributed by atoms with van der Waals surface area (Å²) in [5.41, 5.74) is 10.8. The predicted octanol–water partition coefficient (Wildman–Crippen LogP) is 12.9. The van der Waals surface area contributed by atoms with Crippen molar-refractivity contribution in [2.45, 2.75) is 0 Å². The van der Waals surface area contributed by atoms with Gasteiger partial charge in [-0.1, -0.05) is 103 Å². The Balaban J connectivity index is 1.16. The SMILES string of the molecule is c1ccc(-c2ccc(N(c3ccc4c(c3)oc3ccccc34)c3cccc4c3oc3cc5sc(-c6ccccc6)nc5cc34)cc2)cc1. The van der Waals surface area contributed by atoms with E-state index in [0.29, 0.717) is 0 Å². The lowest BCUT2D eigenvalue weighted by molar-refractivity contribution is 0.667. The molecule has 4 nitrogen and oxygen atoms in total. The highest BCUT2D eigenvalue weighted by atomic mass is 32.1. The lowest BCUT2D eigenvalue weighted by Gasteiger charge is -2.25. The Labute approximate surface area is 279 Å². The third-order valence-corrected chi connectivity index (χ3v) is 10.2. The molecule has 0 spiro atoms. The summed E-state index contributed by atoms with van der Waals surface area (Å²) in [6.45, 7) is 0. The first-order valence-electron chi connectivity index (χ1n) is 15.9. The number of furan rings is 2. The number of benzene rings is 7. The van der Waals surface area contributed by atoms with Gasteiger partial charge in [-0.2, -0.15) is 0 Å². The van der Waals surface area contributed by atoms with Gasteiger partial charge >= 0.3 is 0 Å². The van der Waals surface area contributed by atoms with Gasteiger partial charge in [0.05, 0.1) is 21.6 Å². The Bertz CT molecular complexity index is 2780. The third kappa shape index (κ3) is 4.33. The van der Waals surface area contributed by atoms with Crippen LogP contribution in [0.25, 0.3) is 75.8 Å². The normalized spacial score (nSPS) is 11.8. The first-order valence-corrected chi connectivity index (χ1v) is 16.8. The van der Waals surface area contributed by atoms with E-state index in [4.69, 9.17) is 13.8 Å². The minimum absolute atomic E-state index is 0.824. The Kier molecular flexibility index (Phi) is 6.01. The Hall–Kier alpha value is -6.17. The molecule has 10 rings (SSSR count). The summed E-state index contributed by atoms with van der Waals surface area (Å²) in [7, 11) is 0. The Morgan fingerprint density at radius 2 is 1.12 bits per heavy atom. The van der Waals surface area contributed by atoms with Crippen molar-refractivity contribution in [3.05, 3.63) is 158 Å². The van der Waals surface area contributed by atoms with Gasteiger partial charge in [-0.15, -0.1) is 11.3 Å². The summed E-state index contributed by atoms with van der Waals surface area (Å²) in [5, 5.41) is 5.32. The van der Waals surface area contributed by atoms with Gasteiger partial charge < -0.3 is 13.7 Å². The molecule has 5 heteroatoms. The molecule has 0 aliphatic heterocycles. The molecule has 0 amide bonds. The number of thiazole rings is 1. The van der Waals surface area contributed by atoms with E-state index >= 15 is 0 Å². The average Bonchev–Trinajstić information content (AvgIpc) is 3.85. The summed E-state index contributed by atoms with van der Waals surface area (Å²) >= 11 is 1.69. The van der Waals surface area contributed by atoms with E-state index in [2.05, 4.69) is 138 Å². The lowest BCUT2D eigenvalue weighted by atomic mass is 10.0. The van der Waals surface area contributed by atoms with Crippen LogP contribution in [0.5, 0.6) is 0 Å². The molecule has 0 unspecified atom stereocenters. The van der Waals surface area contributed by atoms with Crippen molar-refractivity contribution in [3.8, 4) is 21.7 Å². The zero-order chi connectivity index (χ0) is 31.6. The highest BCUT2D eigenvalue weighted by Crippen LogP contribution is 2.45. The van der Waals surface area contributed by atoms with E-state index in [1.807, 2.05) is 24.3 Å². The molecule has 0 saturated carbocycles. The van der Waals surface area contributed by atoms with Gasteiger partial charge in [0.1, 0.15) is 21.8 Å². The van der Waals surface area contributed by atoms with Gasteiger partial charge in [-0.3, -0.25) is 0 Å². The topological polar surface area (TPSA) is 42.4 Å². The predicted molar refractivity (Wildman–Crippen MR) is 200 cm³/mol. The van der Waals surface area contributed by atoms with E-state index in [9.17, 15) is 0 Å². The molecule has 226 valence electrons. The number of fused-ring (bicyclic) bond motifs is 7. The van der Waals surface area contributed by atoms with Crippen LogP contribution in [0.1, 0.15) is 0 Å². The molecule has 0 bridgehead atoms. The van der Waals surface area contributed by atoms with Crippen LogP contribution in [-0.4, -0.2) is 4.98 Å². The van der Waals surface area contributed by atoms with Crippen molar-refractivity contribution in [1.29, 1.82) is 0 Å². The first-order chi connectivity index (χ1) is 23.8. The quantitative estimate of drug-likeness (QED) is 0.189. The molecule has 7 aromatic carbocycles. The minimum Gasteiger partial charge on any atom is -0.456 e. The summed E-state index contributed by atoms with van der Waals surface area (Å²) in [6.07, 6.45) is 0. The maximum Gasteiger partial charge on any atom is 0.159 e. The number of hydrogen-bond donors (Lipinski definition) is 0. The van der Waals surface area contributed by atoms with Gasteiger partial charge in [-0.25, -0.2) is 4.98 Å². The molecule has 0 fully saturated rings. The van der Waals surface area contributed by atoms with Crippen molar-refractivity contribution in [2.75, 3.05) is 4.90 Å². The molecular weight excluding hydrogens is 609 g/mol. The second kappa shape index (κ2) is 10.7. The zero-order valence-electron chi connectivity index (χ0n) is 25.6. The second-order valence-corrected chi connectivity index (χ2v) is 13.0. The van der Waals surface area contributed by atoms with E-state index in [1.54, 1.807) is 11.3 Å². The van der Waals surface area contributed by atoms with E-state index in [-0.39, 0.29) is 0 Å². The number of aromatic nitrogens is 1. The van der Waals surface area contributed by atoms with Crippen LogP contribution in [0.2, 0.25) is 0 Å². The van der Waals surface area contributed by atoms with Crippen LogP contribution in [0, 0.1) is 0 Å². The Morgan fingerprint density at radius 1 is 0.458 bits per heavy atom. The molecule has 0 radical (unpaired) electrons. The molecule has 0 aliphatic rings. The lowest BCUT2D eigenvalue weighted by Crippen LogP contribution is -2.10. The highest BCUT2D eigenvalue weighted by molar-refractivity contribution is 7.21. The molecule has 10 aromatic rings. The van der Waals surface area contributed by atoms with Crippen molar-refractivity contribution >= 4 is 82.5 Å². The molecular formula is C43H26N2O2S.